The molecule has 0 aliphatic heterocycles. The van der Waals surface area contributed by atoms with E-state index in [9.17, 15) is 9.18 Å². The molecule has 0 radical (unpaired) electrons. The molecule has 0 saturated carbocycles. The van der Waals surface area contributed by atoms with Crippen LogP contribution in [0.25, 0.3) is 22.4 Å². The lowest BCUT2D eigenvalue weighted by molar-refractivity contribution is -0.0204. The van der Waals surface area contributed by atoms with Gasteiger partial charge in [-0.1, -0.05) is 62.4 Å². The lowest BCUT2D eigenvalue weighted by Crippen LogP contribution is -2.18. The number of hydrogen-bond donors (Lipinski definition) is 2. The van der Waals surface area contributed by atoms with Crippen molar-refractivity contribution in [1.29, 1.82) is 0 Å². The summed E-state index contributed by atoms with van der Waals surface area (Å²) in [5, 5.41) is 3.11. The number of ether oxygens (including phenoxy) is 7. The zero-order valence-corrected chi connectivity index (χ0v) is 31.6. The Hall–Kier alpha value is -3.98. The van der Waals surface area contributed by atoms with Gasteiger partial charge in [0.05, 0.1) is 104 Å². The predicted molar refractivity (Wildman–Crippen MR) is 209 cm³/mol. The van der Waals surface area contributed by atoms with Crippen LogP contribution in [-0.4, -0.2) is 110 Å². The Morgan fingerprint density at radius 1 is 0.611 bits per heavy atom. The summed E-state index contributed by atoms with van der Waals surface area (Å²) in [6.45, 7) is 11.8. The van der Waals surface area contributed by atoms with Crippen LogP contribution in [0.2, 0.25) is 0 Å². The minimum atomic E-state index is -0.327. The van der Waals surface area contributed by atoms with Crippen LogP contribution in [0.4, 0.5) is 10.1 Å². The highest BCUT2D eigenvalue weighted by Gasteiger charge is 2.30. The zero-order chi connectivity index (χ0) is 38.2. The molecule has 0 atom stereocenters. The molecule has 0 spiro atoms. The van der Waals surface area contributed by atoms with Crippen LogP contribution < -0.4 is 11.1 Å². The topological polar surface area (TPSA) is 125 Å². The predicted octanol–water partition coefficient (Wildman–Crippen LogP) is 6.41. The van der Waals surface area contributed by atoms with E-state index in [0.717, 1.165) is 28.1 Å². The van der Waals surface area contributed by atoms with Crippen LogP contribution in [0.15, 0.2) is 84.9 Å². The number of nitrogens with one attached hydrogen (secondary N) is 1. The van der Waals surface area contributed by atoms with E-state index in [-0.39, 0.29) is 17.6 Å². The summed E-state index contributed by atoms with van der Waals surface area (Å²) >= 11 is 0. The monoisotopic (exact) mass is 749 g/mol. The Balaban J connectivity index is 1.25. The number of rotatable bonds is 28. The quantitative estimate of drug-likeness (QED) is 0.0634. The molecule has 11 nitrogen and oxygen atoms in total. The number of halogens is 1. The number of anilines is 1. The molecule has 4 aromatic rings. The highest BCUT2D eigenvalue weighted by molar-refractivity contribution is 6.12. The van der Waals surface area contributed by atoms with Gasteiger partial charge in [0, 0.05) is 30.0 Å². The van der Waals surface area contributed by atoms with E-state index >= 15 is 0 Å². The second-order valence-corrected chi connectivity index (χ2v) is 12.6. The van der Waals surface area contributed by atoms with Crippen molar-refractivity contribution < 1.29 is 42.3 Å². The lowest BCUT2D eigenvalue weighted by Gasteiger charge is -2.17. The SMILES string of the molecule is CC(C)c1c(C(=O)Nc2ccccc2)c(-c2ccccc2)c(-c2ccc(F)cc2)n1CCOCCOCCOCCOCCOCCOCCOCCN. The minimum Gasteiger partial charge on any atom is -0.378 e. The maximum absolute atomic E-state index is 14.2. The van der Waals surface area contributed by atoms with Crippen molar-refractivity contribution in [2.24, 2.45) is 5.73 Å². The van der Waals surface area contributed by atoms with E-state index in [0.29, 0.717) is 117 Å². The molecule has 0 aliphatic carbocycles. The molecular weight excluding hydrogens is 693 g/mol. The second kappa shape index (κ2) is 25.2. The average molecular weight is 750 g/mol. The van der Waals surface area contributed by atoms with Crippen LogP contribution in [0, 0.1) is 5.82 Å². The molecule has 1 aromatic heterocycles. The molecule has 3 N–H and O–H groups in total. The number of para-hydroxylation sites is 1. The summed E-state index contributed by atoms with van der Waals surface area (Å²) in [6.07, 6.45) is 0. The van der Waals surface area contributed by atoms with E-state index < -0.39 is 0 Å². The third kappa shape index (κ3) is 14.3. The summed E-state index contributed by atoms with van der Waals surface area (Å²) in [4.78, 5) is 14.2. The van der Waals surface area contributed by atoms with Gasteiger partial charge in [-0.2, -0.15) is 0 Å². The largest absolute Gasteiger partial charge is 0.378 e. The first kappa shape index (κ1) is 42.8. The van der Waals surface area contributed by atoms with Gasteiger partial charge in [-0.15, -0.1) is 0 Å². The maximum Gasteiger partial charge on any atom is 0.258 e. The third-order valence-corrected chi connectivity index (χ3v) is 8.24. The molecule has 0 saturated heterocycles. The van der Waals surface area contributed by atoms with Crippen LogP contribution in [0.5, 0.6) is 0 Å². The van der Waals surface area contributed by atoms with Gasteiger partial charge in [0.2, 0.25) is 0 Å². The van der Waals surface area contributed by atoms with E-state index in [1.165, 1.54) is 12.1 Å². The van der Waals surface area contributed by atoms with Crippen LogP contribution >= 0.6 is 0 Å². The van der Waals surface area contributed by atoms with E-state index in [2.05, 4.69) is 23.7 Å². The molecule has 4 rings (SSSR count). The highest BCUT2D eigenvalue weighted by atomic mass is 19.1. The molecule has 12 heteroatoms. The molecule has 294 valence electrons. The summed E-state index contributed by atoms with van der Waals surface area (Å²) in [7, 11) is 0. The molecule has 0 aliphatic rings. The number of aromatic nitrogens is 1. The number of benzene rings is 3. The lowest BCUT2D eigenvalue weighted by atomic mass is 9.94. The first-order valence-corrected chi connectivity index (χ1v) is 18.7. The molecule has 1 heterocycles. The van der Waals surface area contributed by atoms with Crippen molar-refractivity contribution in [3.63, 3.8) is 0 Å². The fourth-order valence-electron chi connectivity index (χ4n) is 5.87. The average Bonchev–Trinajstić information content (AvgIpc) is 3.53. The number of hydrogen-bond acceptors (Lipinski definition) is 9. The summed E-state index contributed by atoms with van der Waals surface area (Å²) in [5.41, 5.74) is 10.9. The van der Waals surface area contributed by atoms with Crippen molar-refractivity contribution >= 4 is 11.6 Å². The molecule has 0 bridgehead atoms. The molecule has 1 amide bonds. The number of amides is 1. The van der Waals surface area contributed by atoms with E-state index in [1.54, 1.807) is 12.1 Å². The third-order valence-electron chi connectivity index (χ3n) is 8.24. The number of carbonyl (C=O) groups excluding carboxylic acids is 1. The number of carbonyl (C=O) groups is 1. The first-order chi connectivity index (χ1) is 26.5. The highest BCUT2D eigenvalue weighted by Crippen LogP contribution is 2.42. The van der Waals surface area contributed by atoms with Crippen molar-refractivity contribution in [3.8, 4) is 22.4 Å². The van der Waals surface area contributed by atoms with Gasteiger partial charge < -0.3 is 48.8 Å². The standard InChI is InChI=1S/C42H56FN3O8/c1-33(2)40-39(42(47)45-37-11-7-4-8-12-37)38(34-9-5-3-6-10-34)41(35-13-15-36(43)16-14-35)46(40)18-20-49-22-24-51-26-28-53-30-32-54-31-29-52-27-25-50-23-21-48-19-17-44/h3-16,33H,17-32,44H2,1-2H3,(H,45,47). The summed E-state index contributed by atoms with van der Waals surface area (Å²) < 4.78 is 55.3. The van der Waals surface area contributed by atoms with Gasteiger partial charge in [0.1, 0.15) is 5.82 Å². The molecule has 54 heavy (non-hydrogen) atoms. The van der Waals surface area contributed by atoms with Crippen LogP contribution in [-0.2, 0) is 39.7 Å². The Labute approximate surface area is 318 Å². The first-order valence-electron chi connectivity index (χ1n) is 18.7. The zero-order valence-electron chi connectivity index (χ0n) is 31.6. The fraction of sp³-hybridized carbons (Fsp3) is 0.452. The van der Waals surface area contributed by atoms with Crippen molar-refractivity contribution in [2.75, 3.05) is 104 Å². The van der Waals surface area contributed by atoms with Gasteiger partial charge in [-0.05, 0) is 53.4 Å². The minimum absolute atomic E-state index is 0.0108. The van der Waals surface area contributed by atoms with Gasteiger partial charge >= 0.3 is 0 Å². The summed E-state index contributed by atoms with van der Waals surface area (Å²) in [5.74, 6) is -0.545. The van der Waals surface area contributed by atoms with E-state index in [1.807, 2.05) is 60.7 Å². The van der Waals surface area contributed by atoms with Crippen LogP contribution in [0.1, 0.15) is 35.8 Å². The summed E-state index contributed by atoms with van der Waals surface area (Å²) in [6, 6.07) is 25.7. The Kier molecular flexibility index (Phi) is 19.9. The van der Waals surface area contributed by atoms with Crippen molar-refractivity contribution in [3.05, 3.63) is 102 Å². The van der Waals surface area contributed by atoms with Gasteiger partial charge in [-0.3, -0.25) is 4.79 Å². The van der Waals surface area contributed by atoms with Gasteiger partial charge in [-0.25, -0.2) is 4.39 Å². The molecule has 0 fully saturated rings. The smallest absolute Gasteiger partial charge is 0.258 e. The second-order valence-electron chi connectivity index (χ2n) is 12.6. The van der Waals surface area contributed by atoms with Gasteiger partial charge in [0.25, 0.3) is 5.91 Å². The maximum atomic E-state index is 14.2. The Bertz CT molecular complexity index is 1600. The fourth-order valence-corrected chi connectivity index (χ4v) is 5.87. The molecular formula is C42H56FN3O8. The molecule has 3 aromatic carbocycles. The van der Waals surface area contributed by atoms with Crippen LogP contribution in [0.3, 0.4) is 0 Å². The molecule has 0 unspecified atom stereocenters. The van der Waals surface area contributed by atoms with Crippen molar-refractivity contribution in [2.45, 2.75) is 26.3 Å². The number of nitrogens with two attached hydrogens (primary N) is 1. The Morgan fingerprint density at radius 2 is 1.06 bits per heavy atom. The van der Waals surface area contributed by atoms with Crippen molar-refractivity contribution in [1.82, 2.24) is 4.57 Å². The van der Waals surface area contributed by atoms with Gasteiger partial charge in [0.15, 0.2) is 0 Å². The normalized spacial score (nSPS) is 11.4. The van der Waals surface area contributed by atoms with E-state index in [4.69, 9.17) is 38.9 Å². The Morgan fingerprint density at radius 3 is 1.52 bits per heavy atom. The number of nitrogens with zero attached hydrogens (tertiary/aromatic N) is 1.